The van der Waals surface area contributed by atoms with Gasteiger partial charge in [0.1, 0.15) is 11.6 Å². The third-order valence-corrected chi connectivity index (χ3v) is 4.70. The normalized spacial score (nSPS) is 14.6. The van der Waals surface area contributed by atoms with Gasteiger partial charge in [-0.1, -0.05) is 18.6 Å². The molecule has 23 heavy (non-hydrogen) atoms. The summed E-state index contributed by atoms with van der Waals surface area (Å²) in [5, 5.41) is 4.73. The zero-order valence-electron chi connectivity index (χ0n) is 13.9. The lowest BCUT2D eigenvalue weighted by molar-refractivity contribution is 0.243. The summed E-state index contributed by atoms with van der Waals surface area (Å²) in [6, 6.07) is 8.18. The van der Waals surface area contributed by atoms with Crippen LogP contribution >= 0.6 is 12.2 Å². The van der Waals surface area contributed by atoms with Crippen LogP contribution in [0.15, 0.2) is 24.3 Å². The molecule has 0 amide bonds. The third kappa shape index (κ3) is 3.82. The highest BCUT2D eigenvalue weighted by molar-refractivity contribution is 7.71. The lowest BCUT2D eigenvalue weighted by Gasteiger charge is -2.16. The first kappa shape index (κ1) is 16.2. The Morgan fingerprint density at radius 2 is 2.00 bits per heavy atom. The molecule has 0 saturated carbocycles. The summed E-state index contributed by atoms with van der Waals surface area (Å²) in [7, 11) is 3.78. The Kier molecular flexibility index (Phi) is 5.13. The van der Waals surface area contributed by atoms with Crippen LogP contribution in [0.3, 0.4) is 0 Å². The van der Waals surface area contributed by atoms with Crippen molar-refractivity contribution in [3.63, 3.8) is 0 Å². The van der Waals surface area contributed by atoms with Gasteiger partial charge >= 0.3 is 0 Å². The molecule has 1 aromatic heterocycles. The second-order valence-electron chi connectivity index (χ2n) is 6.16. The molecular weight excluding hydrogens is 308 g/mol. The lowest BCUT2D eigenvalue weighted by Crippen LogP contribution is -2.22. The predicted octanol–water partition coefficient (Wildman–Crippen LogP) is 3.24. The van der Waals surface area contributed by atoms with Crippen LogP contribution in [0, 0.1) is 4.77 Å². The van der Waals surface area contributed by atoms with Gasteiger partial charge in [-0.3, -0.25) is 4.90 Å². The minimum Gasteiger partial charge on any atom is -0.497 e. The van der Waals surface area contributed by atoms with Gasteiger partial charge < -0.3 is 9.30 Å². The van der Waals surface area contributed by atoms with Gasteiger partial charge in [-0.25, -0.2) is 4.68 Å². The van der Waals surface area contributed by atoms with Gasteiger partial charge in [-0.2, -0.15) is 5.10 Å². The Hall–Kier alpha value is -1.66. The summed E-state index contributed by atoms with van der Waals surface area (Å²) in [5.41, 5.74) is 1.25. The molecule has 0 bridgehead atoms. The second kappa shape index (κ2) is 7.27. The van der Waals surface area contributed by atoms with Crippen molar-refractivity contribution in [3.8, 4) is 5.75 Å². The zero-order chi connectivity index (χ0) is 16.2. The van der Waals surface area contributed by atoms with E-state index in [4.69, 9.17) is 22.1 Å². The van der Waals surface area contributed by atoms with Crippen LogP contribution in [0.2, 0.25) is 0 Å². The highest BCUT2D eigenvalue weighted by atomic mass is 32.1. The topological polar surface area (TPSA) is 35.2 Å². The van der Waals surface area contributed by atoms with Crippen LogP contribution in [-0.2, 0) is 26.2 Å². The SMILES string of the molecule is COc1ccc(CN(C)Cn2nc3n(c2=S)CCCCC3)cc1. The monoisotopic (exact) mass is 332 g/mol. The summed E-state index contributed by atoms with van der Waals surface area (Å²) in [6.45, 7) is 2.58. The Labute approximate surface area is 142 Å². The van der Waals surface area contributed by atoms with Crippen molar-refractivity contribution in [1.29, 1.82) is 0 Å². The maximum Gasteiger partial charge on any atom is 0.199 e. The van der Waals surface area contributed by atoms with Crippen LogP contribution in [-0.4, -0.2) is 33.4 Å². The predicted molar refractivity (Wildman–Crippen MR) is 93.1 cm³/mol. The molecule has 3 rings (SSSR count). The molecule has 1 aromatic carbocycles. The summed E-state index contributed by atoms with van der Waals surface area (Å²) in [6.07, 6.45) is 4.73. The van der Waals surface area contributed by atoms with E-state index in [-0.39, 0.29) is 0 Å². The number of aryl methyl sites for hydroxylation is 1. The van der Waals surface area contributed by atoms with Crippen LogP contribution in [0.5, 0.6) is 5.75 Å². The summed E-state index contributed by atoms with van der Waals surface area (Å²) in [5.74, 6) is 2.03. The van der Waals surface area contributed by atoms with E-state index in [0.29, 0.717) is 6.67 Å². The van der Waals surface area contributed by atoms with Crippen molar-refractivity contribution in [2.45, 2.75) is 45.4 Å². The number of aromatic nitrogens is 3. The molecule has 0 aliphatic carbocycles. The Morgan fingerprint density at radius 3 is 2.74 bits per heavy atom. The minimum atomic E-state index is 0.713. The fourth-order valence-electron chi connectivity index (χ4n) is 3.04. The van der Waals surface area contributed by atoms with E-state index >= 15 is 0 Å². The smallest absolute Gasteiger partial charge is 0.199 e. The first-order chi connectivity index (χ1) is 11.2. The Morgan fingerprint density at radius 1 is 1.22 bits per heavy atom. The Bertz CT molecular complexity index is 704. The van der Waals surface area contributed by atoms with Crippen molar-refractivity contribution < 1.29 is 4.74 Å². The maximum atomic E-state index is 5.61. The average Bonchev–Trinajstić information content (AvgIpc) is 2.73. The number of hydrogen-bond acceptors (Lipinski definition) is 4. The van der Waals surface area contributed by atoms with Crippen molar-refractivity contribution in [2.24, 2.45) is 0 Å². The van der Waals surface area contributed by atoms with Gasteiger partial charge in [0.05, 0.1) is 13.8 Å². The quantitative estimate of drug-likeness (QED) is 0.788. The molecule has 0 unspecified atom stereocenters. The zero-order valence-corrected chi connectivity index (χ0v) is 14.7. The van der Waals surface area contributed by atoms with E-state index in [1.807, 2.05) is 16.8 Å². The van der Waals surface area contributed by atoms with E-state index < -0.39 is 0 Å². The highest BCUT2D eigenvalue weighted by Crippen LogP contribution is 2.15. The number of hydrogen-bond donors (Lipinski definition) is 0. The molecule has 2 aromatic rings. The van der Waals surface area contributed by atoms with Gasteiger partial charge in [0.25, 0.3) is 0 Å². The van der Waals surface area contributed by atoms with Crippen LogP contribution in [0.4, 0.5) is 0 Å². The first-order valence-corrected chi connectivity index (χ1v) is 8.56. The molecule has 0 fully saturated rings. The fourth-order valence-corrected chi connectivity index (χ4v) is 3.33. The molecule has 2 heterocycles. The molecule has 0 radical (unpaired) electrons. The van der Waals surface area contributed by atoms with E-state index in [2.05, 4.69) is 28.6 Å². The van der Waals surface area contributed by atoms with E-state index in [1.165, 1.54) is 24.8 Å². The molecule has 5 nitrogen and oxygen atoms in total. The van der Waals surface area contributed by atoms with Crippen LogP contribution in [0.1, 0.15) is 30.7 Å². The standard InChI is InChI=1S/C17H24N4OS/c1-19(12-14-7-9-15(22-2)10-8-14)13-21-17(23)20-11-5-3-4-6-16(20)18-21/h7-10H,3-6,11-13H2,1-2H3. The van der Waals surface area contributed by atoms with Crippen LogP contribution < -0.4 is 4.74 Å². The Balaban J connectivity index is 1.67. The number of nitrogens with zero attached hydrogens (tertiary/aromatic N) is 4. The number of rotatable bonds is 5. The van der Waals surface area contributed by atoms with Gasteiger partial charge in [0.15, 0.2) is 4.77 Å². The summed E-state index contributed by atoms with van der Waals surface area (Å²) in [4.78, 5) is 2.23. The highest BCUT2D eigenvalue weighted by Gasteiger charge is 2.14. The molecule has 124 valence electrons. The summed E-state index contributed by atoms with van der Waals surface area (Å²) < 4.78 is 10.2. The van der Waals surface area contributed by atoms with Gasteiger partial charge in [-0.15, -0.1) is 0 Å². The molecular formula is C17H24N4OS. The van der Waals surface area contributed by atoms with Crippen molar-refractivity contribution >= 4 is 12.2 Å². The first-order valence-electron chi connectivity index (χ1n) is 8.15. The van der Waals surface area contributed by atoms with Crippen molar-refractivity contribution in [1.82, 2.24) is 19.2 Å². The molecule has 0 N–H and O–H groups in total. The molecule has 1 aliphatic rings. The molecule has 0 atom stereocenters. The number of ether oxygens (including phenoxy) is 1. The molecule has 0 spiro atoms. The number of methoxy groups -OCH3 is 1. The average molecular weight is 332 g/mol. The molecule has 1 aliphatic heterocycles. The minimum absolute atomic E-state index is 0.713. The van der Waals surface area contributed by atoms with Crippen molar-refractivity contribution in [3.05, 3.63) is 40.4 Å². The van der Waals surface area contributed by atoms with E-state index in [9.17, 15) is 0 Å². The fraction of sp³-hybridized carbons (Fsp3) is 0.529. The van der Waals surface area contributed by atoms with Crippen LogP contribution in [0.25, 0.3) is 0 Å². The lowest BCUT2D eigenvalue weighted by atomic mass is 10.2. The van der Waals surface area contributed by atoms with E-state index in [1.54, 1.807) is 7.11 Å². The molecule has 6 heteroatoms. The molecule has 0 saturated heterocycles. The van der Waals surface area contributed by atoms with Gasteiger partial charge in [0, 0.05) is 19.5 Å². The summed E-state index contributed by atoms with van der Waals surface area (Å²) >= 11 is 5.61. The maximum absolute atomic E-state index is 5.61. The van der Waals surface area contributed by atoms with Gasteiger partial charge in [0.2, 0.25) is 0 Å². The van der Waals surface area contributed by atoms with Gasteiger partial charge in [-0.05, 0) is 49.8 Å². The second-order valence-corrected chi connectivity index (χ2v) is 6.53. The van der Waals surface area contributed by atoms with Crippen molar-refractivity contribution in [2.75, 3.05) is 14.2 Å². The largest absolute Gasteiger partial charge is 0.497 e. The number of fused-ring (bicyclic) bond motifs is 1. The van der Waals surface area contributed by atoms with E-state index in [0.717, 1.165) is 35.9 Å². The number of benzene rings is 1. The third-order valence-electron chi connectivity index (χ3n) is 4.27.